The second-order valence-electron chi connectivity index (χ2n) is 8.78. The molecule has 0 bridgehead atoms. The molecule has 5 rings (SSSR count). The highest BCUT2D eigenvalue weighted by molar-refractivity contribution is 5.96. The molecular weight excluding hydrogens is 456 g/mol. The summed E-state index contributed by atoms with van der Waals surface area (Å²) in [6, 6.07) is 18.3. The number of methoxy groups -OCH3 is 1. The van der Waals surface area contributed by atoms with Gasteiger partial charge in [-0.3, -0.25) is 9.59 Å². The Hall–Kier alpha value is -4.33. The third-order valence-electron chi connectivity index (χ3n) is 6.41. The number of imidazole rings is 1. The van der Waals surface area contributed by atoms with E-state index in [1.54, 1.807) is 65.4 Å². The number of rotatable bonds is 6. The fourth-order valence-corrected chi connectivity index (χ4v) is 4.34. The Morgan fingerprint density at radius 2 is 1.39 bits per heavy atom. The highest BCUT2D eigenvalue weighted by Gasteiger charge is 2.25. The quantitative estimate of drug-likeness (QED) is 0.416. The van der Waals surface area contributed by atoms with E-state index in [1.165, 1.54) is 0 Å². The van der Waals surface area contributed by atoms with Crippen molar-refractivity contribution in [1.82, 2.24) is 19.2 Å². The van der Waals surface area contributed by atoms with Crippen LogP contribution in [-0.2, 0) is 6.61 Å². The van der Waals surface area contributed by atoms with E-state index >= 15 is 0 Å². The molecule has 1 aliphatic heterocycles. The van der Waals surface area contributed by atoms with Gasteiger partial charge in [-0.05, 0) is 67.1 Å². The van der Waals surface area contributed by atoms with Gasteiger partial charge >= 0.3 is 0 Å². The van der Waals surface area contributed by atoms with Gasteiger partial charge in [-0.15, -0.1) is 0 Å². The van der Waals surface area contributed by atoms with Crippen LogP contribution in [0.25, 0.3) is 5.65 Å². The Morgan fingerprint density at radius 3 is 1.92 bits per heavy atom. The number of amides is 2. The highest BCUT2D eigenvalue weighted by Crippen LogP contribution is 2.18. The molecule has 1 aliphatic rings. The van der Waals surface area contributed by atoms with Gasteiger partial charge in [0, 0.05) is 49.7 Å². The number of piperazine rings is 1. The number of fused-ring (bicyclic) bond motifs is 1. The van der Waals surface area contributed by atoms with E-state index in [2.05, 4.69) is 4.98 Å². The summed E-state index contributed by atoms with van der Waals surface area (Å²) in [6.45, 7) is 4.35. The molecule has 0 saturated carbocycles. The molecule has 1 saturated heterocycles. The first-order chi connectivity index (χ1) is 17.5. The first kappa shape index (κ1) is 23.4. The molecule has 0 radical (unpaired) electrons. The van der Waals surface area contributed by atoms with Crippen LogP contribution in [-0.4, -0.2) is 64.3 Å². The maximum Gasteiger partial charge on any atom is 0.253 e. The number of hydrogen-bond acceptors (Lipinski definition) is 5. The minimum Gasteiger partial charge on any atom is -0.497 e. The molecule has 36 heavy (non-hydrogen) atoms. The number of ether oxygens (including phenoxy) is 2. The van der Waals surface area contributed by atoms with Crippen molar-refractivity contribution in [3.63, 3.8) is 0 Å². The zero-order valence-electron chi connectivity index (χ0n) is 20.4. The summed E-state index contributed by atoms with van der Waals surface area (Å²) in [4.78, 5) is 34.0. The summed E-state index contributed by atoms with van der Waals surface area (Å²) >= 11 is 0. The van der Waals surface area contributed by atoms with Crippen molar-refractivity contribution in [2.24, 2.45) is 0 Å². The zero-order chi connectivity index (χ0) is 25.1. The van der Waals surface area contributed by atoms with E-state index < -0.39 is 0 Å². The normalized spacial score (nSPS) is 13.6. The molecule has 184 valence electrons. The van der Waals surface area contributed by atoms with Gasteiger partial charge in [0.05, 0.1) is 12.8 Å². The zero-order valence-corrected chi connectivity index (χ0v) is 20.4. The molecule has 4 aromatic rings. The number of hydrogen-bond donors (Lipinski definition) is 0. The van der Waals surface area contributed by atoms with Crippen molar-refractivity contribution >= 4 is 17.5 Å². The fourth-order valence-electron chi connectivity index (χ4n) is 4.34. The van der Waals surface area contributed by atoms with E-state index in [4.69, 9.17) is 9.47 Å². The summed E-state index contributed by atoms with van der Waals surface area (Å²) < 4.78 is 13.0. The summed E-state index contributed by atoms with van der Waals surface area (Å²) in [5, 5.41) is 0. The predicted octanol–water partition coefficient (Wildman–Crippen LogP) is 3.83. The smallest absolute Gasteiger partial charge is 0.253 e. The van der Waals surface area contributed by atoms with Crippen molar-refractivity contribution in [2.45, 2.75) is 13.5 Å². The standard InChI is InChI=1S/C28H28N4O4/c1-20-4-3-13-32-18-23(29-26(20)32)19-36-25-11-7-22(8-12-25)28(34)31-16-14-30(15-17-31)27(33)21-5-9-24(35-2)10-6-21/h3-13,18H,14-17,19H2,1-2H3. The predicted molar refractivity (Wildman–Crippen MR) is 136 cm³/mol. The first-order valence-electron chi connectivity index (χ1n) is 11.9. The van der Waals surface area contributed by atoms with Crippen molar-refractivity contribution in [2.75, 3.05) is 33.3 Å². The van der Waals surface area contributed by atoms with Crippen LogP contribution in [0.2, 0.25) is 0 Å². The fraction of sp³-hybridized carbons (Fsp3) is 0.250. The Kier molecular flexibility index (Phi) is 6.58. The minimum absolute atomic E-state index is 0.0352. The average molecular weight is 485 g/mol. The number of carbonyl (C=O) groups excluding carboxylic acids is 2. The third-order valence-corrected chi connectivity index (χ3v) is 6.41. The molecule has 0 spiro atoms. The second-order valence-corrected chi connectivity index (χ2v) is 8.78. The molecule has 0 aliphatic carbocycles. The molecule has 2 aromatic heterocycles. The lowest BCUT2D eigenvalue weighted by molar-refractivity contribution is 0.0535. The van der Waals surface area contributed by atoms with Crippen LogP contribution in [0.15, 0.2) is 73.1 Å². The van der Waals surface area contributed by atoms with Crippen LogP contribution in [0.5, 0.6) is 11.5 Å². The van der Waals surface area contributed by atoms with Gasteiger partial charge in [0.2, 0.25) is 0 Å². The lowest BCUT2D eigenvalue weighted by atomic mass is 10.1. The number of aryl methyl sites for hydroxylation is 1. The topological polar surface area (TPSA) is 76.4 Å². The van der Waals surface area contributed by atoms with Crippen molar-refractivity contribution in [1.29, 1.82) is 0 Å². The number of aromatic nitrogens is 2. The van der Waals surface area contributed by atoms with Gasteiger partial charge in [-0.25, -0.2) is 4.98 Å². The molecule has 2 aromatic carbocycles. The van der Waals surface area contributed by atoms with E-state index in [0.29, 0.717) is 55.4 Å². The molecule has 2 amide bonds. The molecule has 0 N–H and O–H groups in total. The Labute approximate surface area is 209 Å². The number of nitrogens with zero attached hydrogens (tertiary/aromatic N) is 4. The molecule has 3 heterocycles. The van der Waals surface area contributed by atoms with Gasteiger partial charge < -0.3 is 23.7 Å². The Morgan fingerprint density at radius 1 is 0.833 bits per heavy atom. The lowest BCUT2D eigenvalue weighted by Gasteiger charge is -2.35. The van der Waals surface area contributed by atoms with Crippen molar-refractivity contribution < 1.29 is 19.1 Å². The molecule has 1 fully saturated rings. The van der Waals surface area contributed by atoms with Crippen LogP contribution in [0, 0.1) is 6.92 Å². The van der Waals surface area contributed by atoms with Gasteiger partial charge in [0.1, 0.15) is 23.8 Å². The molecule has 0 unspecified atom stereocenters. The summed E-state index contributed by atoms with van der Waals surface area (Å²) in [7, 11) is 1.59. The molecule has 8 nitrogen and oxygen atoms in total. The average Bonchev–Trinajstić information content (AvgIpc) is 3.36. The van der Waals surface area contributed by atoms with E-state index in [0.717, 1.165) is 16.9 Å². The van der Waals surface area contributed by atoms with Crippen LogP contribution >= 0.6 is 0 Å². The van der Waals surface area contributed by atoms with Crippen molar-refractivity contribution in [3.05, 3.63) is 95.4 Å². The molecular formula is C28H28N4O4. The number of pyridine rings is 1. The maximum atomic E-state index is 13.0. The molecule has 8 heteroatoms. The Bertz CT molecular complexity index is 1370. The van der Waals surface area contributed by atoms with Crippen LogP contribution in [0.3, 0.4) is 0 Å². The van der Waals surface area contributed by atoms with E-state index in [9.17, 15) is 9.59 Å². The van der Waals surface area contributed by atoms with Crippen LogP contribution in [0.1, 0.15) is 32.0 Å². The minimum atomic E-state index is -0.0473. The SMILES string of the molecule is COc1ccc(C(=O)N2CCN(C(=O)c3ccc(OCc4cn5cccc(C)c5n4)cc3)CC2)cc1. The van der Waals surface area contributed by atoms with Crippen LogP contribution in [0.4, 0.5) is 0 Å². The van der Waals surface area contributed by atoms with Crippen LogP contribution < -0.4 is 9.47 Å². The summed E-state index contributed by atoms with van der Waals surface area (Å²) in [6.07, 6.45) is 3.92. The van der Waals surface area contributed by atoms with Gasteiger partial charge in [0.15, 0.2) is 0 Å². The molecule has 0 atom stereocenters. The second kappa shape index (κ2) is 10.1. The van der Waals surface area contributed by atoms with Crippen molar-refractivity contribution in [3.8, 4) is 11.5 Å². The number of carbonyl (C=O) groups is 2. The first-order valence-corrected chi connectivity index (χ1v) is 11.9. The van der Waals surface area contributed by atoms with E-state index in [-0.39, 0.29) is 11.8 Å². The van der Waals surface area contributed by atoms with E-state index in [1.807, 2.05) is 35.9 Å². The lowest BCUT2D eigenvalue weighted by Crippen LogP contribution is -2.50. The summed E-state index contributed by atoms with van der Waals surface area (Å²) in [5.74, 6) is 1.31. The highest BCUT2D eigenvalue weighted by atomic mass is 16.5. The monoisotopic (exact) mass is 484 g/mol. The third kappa shape index (κ3) is 4.88. The summed E-state index contributed by atoms with van der Waals surface area (Å²) in [5.41, 5.74) is 4.08. The van der Waals surface area contributed by atoms with Gasteiger partial charge in [-0.1, -0.05) is 6.07 Å². The number of benzene rings is 2. The largest absolute Gasteiger partial charge is 0.497 e. The van der Waals surface area contributed by atoms with Gasteiger partial charge in [0.25, 0.3) is 11.8 Å². The maximum absolute atomic E-state index is 13.0. The Balaban J connectivity index is 1.14. The van der Waals surface area contributed by atoms with Gasteiger partial charge in [-0.2, -0.15) is 0 Å².